The molecule has 3 aromatic rings. The molecule has 1 N–H and O–H groups in total. The van der Waals surface area contributed by atoms with Crippen molar-refractivity contribution in [2.24, 2.45) is 0 Å². The van der Waals surface area contributed by atoms with Gasteiger partial charge in [0.1, 0.15) is 5.01 Å². The second-order valence-electron chi connectivity index (χ2n) is 7.62. The molecule has 0 aliphatic rings. The molecule has 11 heteroatoms. The van der Waals surface area contributed by atoms with Gasteiger partial charge in [-0.3, -0.25) is 0 Å². The first-order valence-corrected chi connectivity index (χ1v) is 12.6. The highest BCUT2D eigenvalue weighted by Crippen LogP contribution is 2.32. The zero-order chi connectivity index (χ0) is 25.1. The van der Waals surface area contributed by atoms with Crippen LogP contribution in [-0.2, 0) is 27.4 Å². The summed E-state index contributed by atoms with van der Waals surface area (Å²) < 4.78 is 70.8. The van der Waals surface area contributed by atoms with Crippen molar-refractivity contribution in [2.75, 3.05) is 13.7 Å². The number of benzene rings is 2. The lowest BCUT2D eigenvalue weighted by Gasteiger charge is -2.12. The summed E-state index contributed by atoms with van der Waals surface area (Å²) in [5, 5.41) is 2.39. The number of carbonyl (C=O) groups excluding carboxylic acids is 1. The highest BCUT2D eigenvalue weighted by Gasteiger charge is 2.30. The van der Waals surface area contributed by atoms with E-state index in [4.69, 9.17) is 4.74 Å². The fraction of sp³-hybridized carbons (Fsp3) is 0.304. The van der Waals surface area contributed by atoms with E-state index in [1.807, 2.05) is 0 Å². The molecule has 0 aliphatic carbocycles. The number of halogens is 3. The van der Waals surface area contributed by atoms with Crippen LogP contribution in [0.15, 0.2) is 46.7 Å². The summed E-state index contributed by atoms with van der Waals surface area (Å²) in [6, 6.07) is 7.60. The van der Waals surface area contributed by atoms with Gasteiger partial charge in [0, 0.05) is 17.5 Å². The van der Waals surface area contributed by atoms with E-state index in [-0.39, 0.29) is 17.0 Å². The van der Waals surface area contributed by atoms with Crippen molar-refractivity contribution in [1.82, 2.24) is 9.71 Å². The standard InChI is InChI=1S/C23H23F3N2O4S2/c1-14-11-19(12-20(15(14)2)22(29)32-3)34(30,31)27-10-4-5-18-13-33-21(28-18)16-6-8-17(9-7-16)23(24,25)26/h6-9,11-13,27H,4-5,10H2,1-3H3. The van der Waals surface area contributed by atoms with E-state index < -0.39 is 27.7 Å². The molecule has 0 amide bonds. The Morgan fingerprint density at radius 3 is 2.44 bits per heavy atom. The third kappa shape index (κ3) is 6.02. The molecular weight excluding hydrogens is 489 g/mol. The lowest BCUT2D eigenvalue weighted by molar-refractivity contribution is -0.137. The zero-order valence-electron chi connectivity index (χ0n) is 18.7. The number of ether oxygens (including phenoxy) is 1. The number of sulfonamides is 1. The molecule has 2 aromatic carbocycles. The van der Waals surface area contributed by atoms with E-state index >= 15 is 0 Å². The lowest BCUT2D eigenvalue weighted by Crippen LogP contribution is -2.25. The Labute approximate surface area is 199 Å². The summed E-state index contributed by atoms with van der Waals surface area (Å²) in [6.07, 6.45) is -3.44. The topological polar surface area (TPSA) is 85.4 Å². The van der Waals surface area contributed by atoms with Crippen LogP contribution in [-0.4, -0.2) is 33.0 Å². The summed E-state index contributed by atoms with van der Waals surface area (Å²) >= 11 is 1.31. The van der Waals surface area contributed by atoms with Crippen LogP contribution >= 0.6 is 11.3 Å². The summed E-state index contributed by atoms with van der Waals surface area (Å²) in [7, 11) is -2.61. The molecule has 182 valence electrons. The van der Waals surface area contributed by atoms with E-state index in [1.165, 1.54) is 42.7 Å². The SMILES string of the molecule is COC(=O)c1cc(S(=O)(=O)NCCCc2csc(-c3ccc(C(F)(F)F)cc3)n2)cc(C)c1C. The van der Waals surface area contributed by atoms with Crippen molar-refractivity contribution >= 4 is 27.3 Å². The van der Waals surface area contributed by atoms with Crippen molar-refractivity contribution in [1.29, 1.82) is 0 Å². The minimum Gasteiger partial charge on any atom is -0.465 e. The molecular formula is C23H23F3N2O4S2. The number of hydrogen-bond acceptors (Lipinski definition) is 6. The van der Waals surface area contributed by atoms with Crippen LogP contribution in [0, 0.1) is 13.8 Å². The van der Waals surface area contributed by atoms with E-state index in [0.29, 0.717) is 34.5 Å². The fourth-order valence-electron chi connectivity index (χ4n) is 3.22. The van der Waals surface area contributed by atoms with E-state index in [1.54, 1.807) is 19.2 Å². The van der Waals surface area contributed by atoms with Crippen LogP contribution in [0.4, 0.5) is 13.2 Å². The van der Waals surface area contributed by atoms with Crippen LogP contribution < -0.4 is 4.72 Å². The first-order chi connectivity index (χ1) is 15.9. The van der Waals surface area contributed by atoms with Gasteiger partial charge in [-0.2, -0.15) is 13.2 Å². The van der Waals surface area contributed by atoms with Crippen LogP contribution in [0.3, 0.4) is 0 Å². The molecule has 3 rings (SSSR count). The summed E-state index contributed by atoms with van der Waals surface area (Å²) in [6.45, 7) is 3.59. The molecule has 0 saturated carbocycles. The number of hydrogen-bond donors (Lipinski definition) is 1. The molecule has 0 unspecified atom stereocenters. The Bertz CT molecular complexity index is 1280. The first-order valence-electron chi connectivity index (χ1n) is 10.2. The maximum atomic E-state index is 12.7. The maximum Gasteiger partial charge on any atom is 0.416 e. The second-order valence-corrected chi connectivity index (χ2v) is 10.2. The Balaban J connectivity index is 1.60. The number of alkyl halides is 3. The van der Waals surface area contributed by atoms with Gasteiger partial charge in [-0.1, -0.05) is 12.1 Å². The van der Waals surface area contributed by atoms with Gasteiger partial charge in [0.05, 0.1) is 28.8 Å². The number of nitrogens with one attached hydrogen (secondary N) is 1. The molecule has 1 heterocycles. The molecule has 34 heavy (non-hydrogen) atoms. The molecule has 0 aliphatic heterocycles. The summed E-state index contributed by atoms with van der Waals surface area (Å²) in [4.78, 5) is 16.4. The largest absolute Gasteiger partial charge is 0.465 e. The smallest absolute Gasteiger partial charge is 0.416 e. The predicted octanol–water partition coefficient (Wildman–Crippen LogP) is 5.14. The van der Waals surface area contributed by atoms with Crippen LogP contribution in [0.1, 0.15) is 39.2 Å². The van der Waals surface area contributed by atoms with Gasteiger partial charge in [-0.15, -0.1) is 11.3 Å². The molecule has 0 fully saturated rings. The fourth-order valence-corrected chi connectivity index (χ4v) is 5.26. The average Bonchev–Trinajstić information content (AvgIpc) is 3.26. The quantitative estimate of drug-likeness (QED) is 0.334. The van der Waals surface area contributed by atoms with Crippen LogP contribution in [0.25, 0.3) is 10.6 Å². The first kappa shape index (κ1) is 25.9. The minimum atomic E-state index is -4.39. The van der Waals surface area contributed by atoms with Gasteiger partial charge in [-0.05, 0) is 62.1 Å². The van der Waals surface area contributed by atoms with Crippen molar-refractivity contribution in [3.05, 3.63) is 69.7 Å². The molecule has 0 spiro atoms. The monoisotopic (exact) mass is 512 g/mol. The van der Waals surface area contributed by atoms with Crippen molar-refractivity contribution in [3.8, 4) is 10.6 Å². The second kappa shape index (κ2) is 10.2. The van der Waals surface area contributed by atoms with Crippen LogP contribution in [0.2, 0.25) is 0 Å². The highest BCUT2D eigenvalue weighted by molar-refractivity contribution is 7.89. The molecule has 6 nitrogen and oxygen atoms in total. The van der Waals surface area contributed by atoms with Gasteiger partial charge in [0.15, 0.2) is 0 Å². The third-order valence-corrected chi connectivity index (χ3v) is 7.65. The number of esters is 1. The number of carbonyl (C=O) groups is 1. The predicted molar refractivity (Wildman–Crippen MR) is 123 cm³/mol. The van der Waals surface area contributed by atoms with Gasteiger partial charge >= 0.3 is 12.1 Å². The van der Waals surface area contributed by atoms with Gasteiger partial charge < -0.3 is 4.74 Å². The highest BCUT2D eigenvalue weighted by atomic mass is 32.2. The molecule has 0 saturated heterocycles. The average molecular weight is 513 g/mol. The Morgan fingerprint density at radius 1 is 1.15 bits per heavy atom. The Kier molecular flexibility index (Phi) is 7.79. The normalized spacial score (nSPS) is 12.1. The van der Waals surface area contributed by atoms with Gasteiger partial charge in [0.2, 0.25) is 10.0 Å². The number of rotatable bonds is 8. The van der Waals surface area contributed by atoms with Gasteiger partial charge in [0.25, 0.3) is 0 Å². The minimum absolute atomic E-state index is 0.0192. The number of aromatic nitrogens is 1. The summed E-state index contributed by atoms with van der Waals surface area (Å²) in [5.74, 6) is -0.606. The maximum absolute atomic E-state index is 12.7. The third-order valence-electron chi connectivity index (χ3n) is 5.27. The molecule has 0 radical (unpaired) electrons. The van der Waals surface area contributed by atoms with E-state index in [0.717, 1.165) is 17.8 Å². The lowest BCUT2D eigenvalue weighted by atomic mass is 10.0. The number of thiazole rings is 1. The van der Waals surface area contributed by atoms with Crippen molar-refractivity contribution in [3.63, 3.8) is 0 Å². The Morgan fingerprint density at radius 2 is 1.82 bits per heavy atom. The Hall–Kier alpha value is -2.76. The van der Waals surface area contributed by atoms with Crippen molar-refractivity contribution in [2.45, 2.75) is 37.8 Å². The molecule has 0 bridgehead atoms. The van der Waals surface area contributed by atoms with Crippen LogP contribution in [0.5, 0.6) is 0 Å². The molecule has 0 atom stereocenters. The van der Waals surface area contributed by atoms with E-state index in [2.05, 4.69) is 9.71 Å². The number of nitrogens with zero attached hydrogens (tertiary/aromatic N) is 1. The molecule has 1 aromatic heterocycles. The number of aryl methyl sites for hydroxylation is 2. The summed E-state index contributed by atoms with van der Waals surface area (Å²) in [5.41, 5.74) is 2.09. The van der Waals surface area contributed by atoms with Crippen molar-refractivity contribution < 1.29 is 31.1 Å². The van der Waals surface area contributed by atoms with E-state index in [9.17, 15) is 26.4 Å². The van der Waals surface area contributed by atoms with Gasteiger partial charge in [-0.25, -0.2) is 22.9 Å². The number of methoxy groups -OCH3 is 1. The zero-order valence-corrected chi connectivity index (χ0v) is 20.3.